The third-order valence-corrected chi connectivity index (χ3v) is 4.28. The van der Waals surface area contributed by atoms with Gasteiger partial charge in [0.25, 0.3) is 0 Å². The van der Waals surface area contributed by atoms with E-state index in [-0.39, 0.29) is 0 Å². The van der Waals surface area contributed by atoms with Crippen molar-refractivity contribution < 1.29 is 4.79 Å². The average Bonchev–Trinajstić information content (AvgIpc) is 3.31. The van der Waals surface area contributed by atoms with Crippen LogP contribution >= 0.6 is 0 Å². The van der Waals surface area contributed by atoms with E-state index in [4.69, 9.17) is 0 Å². The van der Waals surface area contributed by atoms with Crippen molar-refractivity contribution in [3.8, 4) is 0 Å². The number of hydrogen-bond donors (Lipinski definition) is 1. The third-order valence-electron chi connectivity index (χ3n) is 4.28. The van der Waals surface area contributed by atoms with Gasteiger partial charge in [0.05, 0.1) is 0 Å². The summed E-state index contributed by atoms with van der Waals surface area (Å²) in [5, 5.41) is 3.30. The second kappa shape index (κ2) is 5.74. The van der Waals surface area contributed by atoms with Crippen LogP contribution in [0, 0.1) is 5.92 Å². The van der Waals surface area contributed by atoms with Crippen molar-refractivity contribution in [2.45, 2.75) is 25.2 Å². The largest absolute Gasteiger partial charge is 0.340 e. The van der Waals surface area contributed by atoms with Crippen molar-refractivity contribution in [2.75, 3.05) is 26.2 Å². The normalized spacial score (nSPS) is 21.2. The van der Waals surface area contributed by atoms with Gasteiger partial charge in [0.1, 0.15) is 0 Å². The van der Waals surface area contributed by atoms with E-state index in [2.05, 4.69) is 29.6 Å². The Balaban J connectivity index is 1.66. The van der Waals surface area contributed by atoms with E-state index >= 15 is 0 Å². The Morgan fingerprint density at radius 1 is 1.21 bits per heavy atom. The summed E-state index contributed by atoms with van der Waals surface area (Å²) < 4.78 is 0. The molecule has 1 saturated carbocycles. The van der Waals surface area contributed by atoms with Gasteiger partial charge in [-0.05, 0) is 30.2 Å². The Morgan fingerprint density at radius 2 is 1.89 bits per heavy atom. The molecular formula is C16H22N2O. The SMILES string of the molecule is O=C(CC(c1ccccc1)C1CC1)N1CCNCC1. The fourth-order valence-corrected chi connectivity index (χ4v) is 2.99. The summed E-state index contributed by atoms with van der Waals surface area (Å²) in [5.74, 6) is 1.50. The Morgan fingerprint density at radius 3 is 2.53 bits per heavy atom. The highest BCUT2D eigenvalue weighted by Crippen LogP contribution is 2.44. The average molecular weight is 258 g/mol. The molecule has 1 saturated heterocycles. The summed E-state index contributed by atoms with van der Waals surface area (Å²) in [7, 11) is 0. The van der Waals surface area contributed by atoms with Crippen LogP contribution in [-0.2, 0) is 4.79 Å². The van der Waals surface area contributed by atoms with E-state index in [0.717, 1.165) is 32.1 Å². The zero-order chi connectivity index (χ0) is 13.1. The minimum Gasteiger partial charge on any atom is -0.340 e. The lowest BCUT2D eigenvalue weighted by molar-refractivity contribution is -0.132. The minimum atomic E-state index is 0.335. The van der Waals surface area contributed by atoms with E-state index in [9.17, 15) is 4.79 Å². The molecule has 1 unspecified atom stereocenters. The minimum absolute atomic E-state index is 0.335. The Kier molecular flexibility index (Phi) is 3.83. The first-order valence-corrected chi connectivity index (χ1v) is 7.38. The Bertz CT molecular complexity index is 422. The first-order valence-electron chi connectivity index (χ1n) is 7.38. The van der Waals surface area contributed by atoms with Gasteiger partial charge in [-0.2, -0.15) is 0 Å². The number of nitrogens with zero attached hydrogens (tertiary/aromatic N) is 1. The second-order valence-electron chi connectivity index (χ2n) is 5.69. The van der Waals surface area contributed by atoms with Gasteiger partial charge in [-0.15, -0.1) is 0 Å². The number of nitrogens with one attached hydrogen (secondary N) is 1. The predicted molar refractivity (Wildman–Crippen MR) is 76.0 cm³/mol. The van der Waals surface area contributed by atoms with Gasteiger partial charge in [0.2, 0.25) is 5.91 Å². The van der Waals surface area contributed by atoms with Crippen molar-refractivity contribution in [1.29, 1.82) is 0 Å². The van der Waals surface area contributed by atoms with Crippen LogP contribution in [0.3, 0.4) is 0 Å². The van der Waals surface area contributed by atoms with Crippen molar-refractivity contribution in [3.63, 3.8) is 0 Å². The number of hydrogen-bond acceptors (Lipinski definition) is 2. The lowest BCUT2D eigenvalue weighted by atomic mass is 9.90. The van der Waals surface area contributed by atoms with Crippen LogP contribution in [0.5, 0.6) is 0 Å². The van der Waals surface area contributed by atoms with E-state index in [1.54, 1.807) is 0 Å². The summed E-state index contributed by atoms with van der Waals surface area (Å²) in [4.78, 5) is 14.4. The molecule has 1 aromatic carbocycles. The van der Waals surface area contributed by atoms with Crippen LogP contribution in [0.1, 0.15) is 30.7 Å². The molecule has 1 heterocycles. The Hall–Kier alpha value is -1.35. The molecular weight excluding hydrogens is 236 g/mol. The molecule has 19 heavy (non-hydrogen) atoms. The maximum atomic E-state index is 12.4. The van der Waals surface area contributed by atoms with E-state index < -0.39 is 0 Å². The molecule has 2 aliphatic rings. The number of amides is 1. The first kappa shape index (κ1) is 12.7. The fourth-order valence-electron chi connectivity index (χ4n) is 2.99. The van der Waals surface area contributed by atoms with Crippen LogP contribution in [0.4, 0.5) is 0 Å². The summed E-state index contributed by atoms with van der Waals surface area (Å²) in [6.45, 7) is 3.60. The van der Waals surface area contributed by atoms with Crippen molar-refractivity contribution in [3.05, 3.63) is 35.9 Å². The third kappa shape index (κ3) is 3.16. The summed E-state index contributed by atoms with van der Waals surface area (Å²) in [6, 6.07) is 10.6. The molecule has 0 radical (unpaired) electrons. The van der Waals surface area contributed by atoms with E-state index in [1.807, 2.05) is 11.0 Å². The highest BCUT2D eigenvalue weighted by molar-refractivity contribution is 5.77. The van der Waals surface area contributed by atoms with Gasteiger partial charge in [0, 0.05) is 32.6 Å². The highest BCUT2D eigenvalue weighted by Gasteiger charge is 2.34. The summed E-state index contributed by atoms with van der Waals surface area (Å²) in [5.41, 5.74) is 1.34. The van der Waals surface area contributed by atoms with Crippen molar-refractivity contribution in [1.82, 2.24) is 10.2 Å². The number of benzene rings is 1. The molecule has 1 amide bonds. The van der Waals surface area contributed by atoms with Gasteiger partial charge in [-0.25, -0.2) is 0 Å². The van der Waals surface area contributed by atoms with Crippen LogP contribution in [-0.4, -0.2) is 37.0 Å². The molecule has 1 aliphatic carbocycles. The molecule has 1 aromatic rings. The maximum Gasteiger partial charge on any atom is 0.223 e. The van der Waals surface area contributed by atoms with Gasteiger partial charge < -0.3 is 10.2 Å². The topological polar surface area (TPSA) is 32.3 Å². The van der Waals surface area contributed by atoms with Gasteiger partial charge in [-0.1, -0.05) is 30.3 Å². The number of carbonyl (C=O) groups excluding carboxylic acids is 1. The highest BCUT2D eigenvalue weighted by atomic mass is 16.2. The summed E-state index contributed by atoms with van der Waals surface area (Å²) >= 11 is 0. The number of rotatable bonds is 4. The lowest BCUT2D eigenvalue weighted by Gasteiger charge is -2.29. The lowest BCUT2D eigenvalue weighted by Crippen LogP contribution is -2.46. The predicted octanol–water partition coefficient (Wildman–Crippen LogP) is 2.00. The maximum absolute atomic E-state index is 12.4. The van der Waals surface area contributed by atoms with Crippen molar-refractivity contribution in [2.24, 2.45) is 5.92 Å². The number of carbonyl (C=O) groups is 1. The van der Waals surface area contributed by atoms with Crippen molar-refractivity contribution >= 4 is 5.91 Å². The van der Waals surface area contributed by atoms with Crippen LogP contribution < -0.4 is 5.32 Å². The van der Waals surface area contributed by atoms with Crippen LogP contribution in [0.15, 0.2) is 30.3 Å². The summed E-state index contributed by atoms with van der Waals surface area (Å²) in [6.07, 6.45) is 3.26. The molecule has 0 spiro atoms. The molecule has 3 nitrogen and oxygen atoms in total. The monoisotopic (exact) mass is 258 g/mol. The molecule has 3 rings (SSSR count). The zero-order valence-corrected chi connectivity index (χ0v) is 11.3. The molecule has 1 aliphatic heterocycles. The molecule has 3 heteroatoms. The fraction of sp³-hybridized carbons (Fsp3) is 0.562. The standard InChI is InChI=1S/C16H22N2O/c19-16(18-10-8-17-9-11-18)12-15(14-6-7-14)13-4-2-1-3-5-13/h1-5,14-15,17H,6-12H2. The molecule has 102 valence electrons. The van der Waals surface area contributed by atoms with Crippen LogP contribution in [0.2, 0.25) is 0 Å². The van der Waals surface area contributed by atoms with Gasteiger partial charge in [0.15, 0.2) is 0 Å². The number of piperazine rings is 1. The molecule has 1 N–H and O–H groups in total. The molecule has 1 atom stereocenters. The van der Waals surface area contributed by atoms with Gasteiger partial charge in [-0.3, -0.25) is 4.79 Å². The van der Waals surface area contributed by atoms with Gasteiger partial charge >= 0.3 is 0 Å². The first-order chi connectivity index (χ1) is 9.34. The van der Waals surface area contributed by atoms with Crippen LogP contribution in [0.25, 0.3) is 0 Å². The van der Waals surface area contributed by atoms with E-state index in [1.165, 1.54) is 18.4 Å². The second-order valence-corrected chi connectivity index (χ2v) is 5.69. The zero-order valence-electron chi connectivity index (χ0n) is 11.3. The van der Waals surface area contributed by atoms with E-state index in [0.29, 0.717) is 18.2 Å². The Labute approximate surface area is 115 Å². The molecule has 0 bridgehead atoms. The molecule has 0 aromatic heterocycles. The quantitative estimate of drug-likeness (QED) is 0.896. The molecule has 2 fully saturated rings. The smallest absolute Gasteiger partial charge is 0.223 e.